The van der Waals surface area contributed by atoms with Crippen LogP contribution in [-0.4, -0.2) is 72.2 Å². The second kappa shape index (κ2) is 9.36. The van der Waals surface area contributed by atoms with Gasteiger partial charge >= 0.3 is 0 Å². The topological polar surface area (TPSA) is 124 Å². The molecule has 6 rings (SSSR count). The highest BCUT2D eigenvalue weighted by molar-refractivity contribution is 5.96. The number of halogens is 1. The Labute approximate surface area is 211 Å². The number of pyridine rings is 2. The van der Waals surface area contributed by atoms with Crippen molar-refractivity contribution in [2.75, 3.05) is 32.5 Å². The smallest absolute Gasteiger partial charge is 0.161 e. The Bertz CT molecular complexity index is 1710. The molecule has 0 bridgehead atoms. The number of aromatic amines is 2. The molecule has 0 saturated carbocycles. The van der Waals surface area contributed by atoms with Crippen LogP contribution in [0.3, 0.4) is 0 Å². The van der Waals surface area contributed by atoms with Crippen molar-refractivity contribution in [3.63, 3.8) is 0 Å². The molecule has 5 aromatic heterocycles. The van der Waals surface area contributed by atoms with Crippen molar-refractivity contribution in [3.8, 4) is 33.9 Å². The largest absolute Gasteiger partial charge is 0.384 e. The van der Waals surface area contributed by atoms with Crippen molar-refractivity contribution in [1.29, 1.82) is 0 Å². The molecule has 6 aromatic rings. The molecule has 0 aliphatic heterocycles. The van der Waals surface area contributed by atoms with E-state index in [1.807, 2.05) is 32.3 Å². The van der Waals surface area contributed by atoms with E-state index in [1.165, 1.54) is 18.5 Å². The zero-order chi connectivity index (χ0) is 25.4. The number of benzene rings is 1. The lowest BCUT2D eigenvalue weighted by Crippen LogP contribution is -2.20. The molecule has 0 aliphatic rings. The number of aromatic nitrogens is 8. The van der Waals surface area contributed by atoms with E-state index in [-0.39, 0.29) is 5.82 Å². The maximum atomic E-state index is 14.5. The minimum absolute atomic E-state index is 0.336. The highest BCUT2D eigenvalue weighted by Crippen LogP contribution is 2.32. The van der Waals surface area contributed by atoms with Crippen molar-refractivity contribution < 1.29 is 4.39 Å². The first-order chi connectivity index (χ1) is 18.0. The fraction of sp³-hybridized carbons (Fsp3) is 0.154. The molecule has 0 amide bonds. The quantitative estimate of drug-likeness (QED) is 0.303. The molecule has 0 radical (unpaired) electrons. The van der Waals surface area contributed by atoms with Gasteiger partial charge in [0.2, 0.25) is 0 Å². The van der Waals surface area contributed by atoms with Gasteiger partial charge in [-0.15, -0.1) is 0 Å². The Kier molecular flexibility index (Phi) is 5.73. The maximum absolute atomic E-state index is 14.5. The number of imidazole rings is 1. The monoisotopic (exact) mass is 494 g/mol. The van der Waals surface area contributed by atoms with Crippen molar-refractivity contribution in [2.45, 2.75) is 0 Å². The Morgan fingerprint density at radius 2 is 1.76 bits per heavy atom. The van der Waals surface area contributed by atoms with Gasteiger partial charge in [0.05, 0.1) is 28.4 Å². The van der Waals surface area contributed by atoms with Gasteiger partial charge in [-0.05, 0) is 50.0 Å². The van der Waals surface area contributed by atoms with E-state index in [9.17, 15) is 4.39 Å². The number of nitrogens with one attached hydrogen (secondary N) is 3. The van der Waals surface area contributed by atoms with Crippen LogP contribution in [-0.2, 0) is 0 Å². The molecule has 3 N–H and O–H groups in total. The van der Waals surface area contributed by atoms with Gasteiger partial charge in [0.15, 0.2) is 11.5 Å². The van der Waals surface area contributed by atoms with Gasteiger partial charge in [0.1, 0.15) is 17.7 Å². The summed E-state index contributed by atoms with van der Waals surface area (Å²) in [5, 5.41) is 10.8. The van der Waals surface area contributed by atoms with Crippen LogP contribution in [0.25, 0.3) is 56.0 Å². The summed E-state index contributed by atoms with van der Waals surface area (Å²) in [5.41, 5.74) is 7.00. The van der Waals surface area contributed by atoms with Crippen LogP contribution < -0.4 is 5.32 Å². The zero-order valence-electron chi connectivity index (χ0n) is 20.2. The molecule has 1 aromatic carbocycles. The number of hydrogen-bond acceptors (Lipinski definition) is 8. The lowest BCUT2D eigenvalue weighted by atomic mass is 10.1. The lowest BCUT2D eigenvalue weighted by molar-refractivity contribution is 0.425. The summed E-state index contributed by atoms with van der Waals surface area (Å²) in [6, 6.07) is 8.68. The van der Waals surface area contributed by atoms with Gasteiger partial charge < -0.3 is 15.2 Å². The van der Waals surface area contributed by atoms with Crippen LogP contribution in [0, 0.1) is 5.82 Å². The minimum atomic E-state index is -0.336. The first-order valence-corrected chi connectivity index (χ1v) is 11.7. The third kappa shape index (κ3) is 4.47. The van der Waals surface area contributed by atoms with Gasteiger partial charge in [-0.3, -0.25) is 10.1 Å². The molecule has 37 heavy (non-hydrogen) atoms. The summed E-state index contributed by atoms with van der Waals surface area (Å²) in [5.74, 6) is 0.197. The molecule has 0 unspecified atom stereocenters. The maximum Gasteiger partial charge on any atom is 0.161 e. The van der Waals surface area contributed by atoms with E-state index in [0.29, 0.717) is 51.4 Å². The summed E-state index contributed by atoms with van der Waals surface area (Å²) >= 11 is 0. The van der Waals surface area contributed by atoms with Crippen LogP contribution in [0.4, 0.5) is 10.1 Å². The molecule has 5 heterocycles. The first-order valence-electron chi connectivity index (χ1n) is 11.7. The van der Waals surface area contributed by atoms with Crippen LogP contribution >= 0.6 is 0 Å². The number of fused-ring (bicyclic) bond motifs is 2. The number of rotatable bonds is 7. The Balaban J connectivity index is 1.41. The average Bonchev–Trinajstić information content (AvgIpc) is 3.52. The molecular formula is C26H23FN10. The molecular weight excluding hydrogens is 471 g/mol. The molecule has 0 fully saturated rings. The van der Waals surface area contributed by atoms with E-state index in [0.717, 1.165) is 23.3 Å². The fourth-order valence-corrected chi connectivity index (χ4v) is 4.18. The molecule has 0 aliphatic carbocycles. The summed E-state index contributed by atoms with van der Waals surface area (Å²) in [6.45, 7) is 1.53. The second-order valence-corrected chi connectivity index (χ2v) is 8.92. The third-order valence-electron chi connectivity index (χ3n) is 5.98. The summed E-state index contributed by atoms with van der Waals surface area (Å²) in [4.78, 5) is 27.5. The third-order valence-corrected chi connectivity index (χ3v) is 5.98. The van der Waals surface area contributed by atoms with Gasteiger partial charge in [-0.2, -0.15) is 5.10 Å². The Morgan fingerprint density at radius 1 is 0.892 bits per heavy atom. The predicted molar refractivity (Wildman–Crippen MR) is 140 cm³/mol. The fourth-order valence-electron chi connectivity index (χ4n) is 4.18. The van der Waals surface area contributed by atoms with Crippen molar-refractivity contribution >= 4 is 27.8 Å². The number of hydrogen-bond donors (Lipinski definition) is 3. The van der Waals surface area contributed by atoms with Crippen LogP contribution in [0.15, 0.2) is 61.4 Å². The van der Waals surface area contributed by atoms with Gasteiger partial charge in [0, 0.05) is 48.5 Å². The van der Waals surface area contributed by atoms with Crippen molar-refractivity contribution in [2.24, 2.45) is 0 Å². The normalized spacial score (nSPS) is 11.6. The van der Waals surface area contributed by atoms with E-state index >= 15 is 0 Å². The number of likely N-dealkylation sites (N-methyl/N-ethyl adjacent to an activating group) is 1. The summed E-state index contributed by atoms with van der Waals surface area (Å²) < 4.78 is 14.5. The zero-order valence-corrected chi connectivity index (χ0v) is 20.2. The van der Waals surface area contributed by atoms with Crippen molar-refractivity contribution in [1.82, 2.24) is 45.0 Å². The molecule has 10 nitrogen and oxygen atoms in total. The average molecular weight is 495 g/mol. The van der Waals surface area contributed by atoms with Crippen LogP contribution in [0.1, 0.15) is 0 Å². The molecule has 184 valence electrons. The highest BCUT2D eigenvalue weighted by atomic mass is 19.1. The van der Waals surface area contributed by atoms with Gasteiger partial charge in [0.25, 0.3) is 0 Å². The van der Waals surface area contributed by atoms with Crippen LogP contribution in [0.5, 0.6) is 0 Å². The Hall–Kier alpha value is -4.77. The molecule has 0 saturated heterocycles. The van der Waals surface area contributed by atoms with Crippen molar-refractivity contribution in [3.05, 3.63) is 67.3 Å². The Morgan fingerprint density at radius 3 is 2.59 bits per heavy atom. The SMILES string of the molecule is CN(C)CCNc1cc(F)cc(-c2cncc3[nH]c(-c4n[nH]c5ccc(-c6cncnc6)nc45)nc23)c1. The first kappa shape index (κ1) is 22.7. The van der Waals surface area contributed by atoms with E-state index in [1.54, 1.807) is 24.8 Å². The number of nitrogens with zero attached hydrogens (tertiary/aromatic N) is 7. The van der Waals surface area contributed by atoms with Crippen LogP contribution in [0.2, 0.25) is 0 Å². The van der Waals surface area contributed by atoms with E-state index in [4.69, 9.17) is 9.97 Å². The van der Waals surface area contributed by atoms with Gasteiger partial charge in [-0.25, -0.2) is 24.3 Å². The number of anilines is 1. The standard InChI is InChI=1S/C26H23FN10/c1-37(2)6-5-31-18-8-15(7-17(27)9-18)19-12-28-13-22-23(19)34-26(33-22)25-24-21(35-36-25)4-3-20(32-24)16-10-29-14-30-11-16/h3-4,7-14,31H,5-6H2,1-2H3,(H,33,34)(H,35,36). The lowest BCUT2D eigenvalue weighted by Gasteiger charge is -2.12. The minimum Gasteiger partial charge on any atom is -0.384 e. The highest BCUT2D eigenvalue weighted by Gasteiger charge is 2.18. The van der Waals surface area contributed by atoms with Gasteiger partial charge in [-0.1, -0.05) is 0 Å². The summed E-state index contributed by atoms with van der Waals surface area (Å²) in [7, 11) is 3.99. The number of H-pyrrole nitrogens is 2. The molecule has 0 atom stereocenters. The van der Waals surface area contributed by atoms with E-state index in [2.05, 4.69) is 40.3 Å². The molecule has 0 spiro atoms. The summed E-state index contributed by atoms with van der Waals surface area (Å²) in [6.07, 6.45) is 8.29. The predicted octanol–water partition coefficient (Wildman–Crippen LogP) is 4.13. The second-order valence-electron chi connectivity index (χ2n) is 8.92. The molecule has 11 heteroatoms. The van der Waals surface area contributed by atoms with E-state index < -0.39 is 0 Å².